The molecule has 0 aliphatic carbocycles. The first-order valence-electron chi connectivity index (χ1n) is 7.20. The number of nitrogens with zero attached hydrogens (tertiary/aromatic N) is 3. The van der Waals surface area contributed by atoms with Crippen LogP contribution in [0.25, 0.3) is 22.3 Å². The van der Waals surface area contributed by atoms with Crippen molar-refractivity contribution in [2.24, 2.45) is 0 Å². The van der Waals surface area contributed by atoms with Gasteiger partial charge >= 0.3 is 6.18 Å². The van der Waals surface area contributed by atoms with Gasteiger partial charge in [0.25, 0.3) is 5.91 Å². The second-order valence-corrected chi connectivity index (χ2v) is 7.98. The summed E-state index contributed by atoms with van der Waals surface area (Å²) < 4.78 is 53.4. The Morgan fingerprint density at radius 1 is 1.22 bits per heavy atom. The lowest BCUT2D eigenvalue weighted by atomic mass is 10.1. The molecule has 1 N–H and O–H groups in total. The number of aromatic nitrogens is 3. The van der Waals surface area contributed by atoms with Crippen molar-refractivity contribution in [2.75, 3.05) is 0 Å². The zero-order valence-electron chi connectivity index (χ0n) is 12.9. The lowest BCUT2D eigenvalue weighted by molar-refractivity contribution is -0.138. The van der Waals surface area contributed by atoms with E-state index in [1.165, 1.54) is 30.3 Å². The van der Waals surface area contributed by atoms with Crippen LogP contribution < -0.4 is 5.32 Å². The first kappa shape index (κ1) is 18.1. The Labute approximate surface area is 162 Å². The fourth-order valence-corrected chi connectivity index (χ4v) is 4.17. The lowest BCUT2D eigenvalue weighted by Crippen LogP contribution is -2.17. The Bertz CT molecular complexity index is 1110. The minimum Gasteiger partial charge on any atom is -0.307 e. The number of hydrogen-bond acceptors (Lipinski definition) is 6. The predicted octanol–water partition coefficient (Wildman–Crippen LogP) is 4.10. The van der Waals surface area contributed by atoms with E-state index in [9.17, 15) is 22.4 Å². The number of nitrogens with one attached hydrogen (secondary N) is 1. The molecule has 3 heterocycles. The van der Waals surface area contributed by atoms with Gasteiger partial charge in [-0.3, -0.25) is 4.79 Å². The molecule has 5 nitrogen and oxygen atoms in total. The van der Waals surface area contributed by atoms with E-state index in [0.717, 1.165) is 16.3 Å². The number of rotatable bonds is 2. The van der Waals surface area contributed by atoms with Crippen LogP contribution in [0.3, 0.4) is 0 Å². The highest BCUT2D eigenvalue weighted by atomic mass is 32.2. The highest BCUT2D eigenvalue weighted by Gasteiger charge is 2.36. The van der Waals surface area contributed by atoms with Gasteiger partial charge in [-0.1, -0.05) is 35.3 Å². The van der Waals surface area contributed by atoms with Gasteiger partial charge in [0, 0.05) is 5.56 Å². The van der Waals surface area contributed by atoms with E-state index in [-0.39, 0.29) is 25.6 Å². The van der Waals surface area contributed by atoms with E-state index < -0.39 is 22.9 Å². The summed E-state index contributed by atoms with van der Waals surface area (Å²) in [7, 11) is 0. The molecule has 0 atom stereocenters. The Kier molecular flexibility index (Phi) is 4.28. The van der Waals surface area contributed by atoms with Crippen LogP contribution in [0.1, 0.15) is 10.7 Å². The quantitative estimate of drug-likeness (QED) is 0.377. The van der Waals surface area contributed by atoms with E-state index >= 15 is 0 Å². The number of amides is 1. The molecule has 12 heteroatoms. The molecule has 4 rings (SSSR count). The van der Waals surface area contributed by atoms with Crippen molar-refractivity contribution >= 4 is 56.6 Å². The SMILES string of the molecule is O=C1NC(=S)S/C1=C\c1c(-c2ccc(F)cc2)nc2sc(C(F)(F)F)nn12. The van der Waals surface area contributed by atoms with E-state index in [1.54, 1.807) is 0 Å². The van der Waals surface area contributed by atoms with Gasteiger partial charge in [-0.15, -0.1) is 5.10 Å². The maximum atomic E-state index is 13.2. The van der Waals surface area contributed by atoms with Crippen LogP contribution >= 0.6 is 35.3 Å². The standard InChI is InChI=1S/C15H6F4N4OS3/c16-7-3-1-6(2-4-7)10-8(5-9-11(24)21-14(25)26-9)23-13(20-10)27-12(22-23)15(17,18)19/h1-5H,(H,21,24,25)/b9-5-. The molecule has 3 aromatic rings. The Morgan fingerprint density at radius 2 is 1.93 bits per heavy atom. The van der Waals surface area contributed by atoms with Gasteiger partial charge in [-0.25, -0.2) is 13.9 Å². The van der Waals surface area contributed by atoms with Gasteiger partial charge in [-0.05, 0) is 30.3 Å². The second kappa shape index (κ2) is 6.39. The summed E-state index contributed by atoms with van der Waals surface area (Å²) >= 11 is 6.28. The Morgan fingerprint density at radius 3 is 2.52 bits per heavy atom. The molecule has 1 aromatic carbocycles. The third-order valence-electron chi connectivity index (χ3n) is 3.51. The van der Waals surface area contributed by atoms with Crippen molar-refractivity contribution in [3.8, 4) is 11.3 Å². The fraction of sp³-hybridized carbons (Fsp3) is 0.0667. The first-order chi connectivity index (χ1) is 12.7. The maximum Gasteiger partial charge on any atom is 0.445 e. The molecule has 0 spiro atoms. The molecule has 2 aromatic heterocycles. The van der Waals surface area contributed by atoms with E-state index in [2.05, 4.69) is 15.4 Å². The number of halogens is 4. The summed E-state index contributed by atoms with van der Waals surface area (Å²) in [6.07, 6.45) is -3.25. The largest absolute Gasteiger partial charge is 0.445 e. The molecule has 1 aliphatic rings. The van der Waals surface area contributed by atoms with Crippen LogP contribution in [0.5, 0.6) is 0 Å². The molecule has 1 aliphatic heterocycles. The molecule has 0 saturated carbocycles. The number of fused-ring (bicyclic) bond motifs is 1. The molecule has 1 amide bonds. The molecule has 27 heavy (non-hydrogen) atoms. The van der Waals surface area contributed by atoms with Gasteiger partial charge in [0.1, 0.15) is 10.1 Å². The number of hydrogen-bond donors (Lipinski definition) is 1. The Balaban J connectivity index is 1.93. The number of carbonyl (C=O) groups excluding carboxylic acids is 1. The summed E-state index contributed by atoms with van der Waals surface area (Å²) in [6.45, 7) is 0. The van der Waals surface area contributed by atoms with Gasteiger partial charge in [-0.2, -0.15) is 13.2 Å². The molecular formula is C15H6F4N4OS3. The Hall–Kier alpha value is -2.31. The molecular weight excluding hydrogens is 424 g/mol. The van der Waals surface area contributed by atoms with Crippen LogP contribution in [-0.4, -0.2) is 24.8 Å². The average molecular weight is 430 g/mol. The highest BCUT2D eigenvalue weighted by Crippen LogP contribution is 2.36. The van der Waals surface area contributed by atoms with Crippen molar-refractivity contribution in [1.29, 1.82) is 0 Å². The third kappa shape index (κ3) is 3.35. The fourth-order valence-electron chi connectivity index (χ4n) is 2.37. The molecule has 0 bridgehead atoms. The summed E-state index contributed by atoms with van der Waals surface area (Å²) in [5, 5.41) is 4.96. The van der Waals surface area contributed by atoms with Gasteiger partial charge < -0.3 is 5.32 Å². The molecule has 1 fully saturated rings. The minimum absolute atomic E-state index is 0.000480. The first-order valence-corrected chi connectivity index (χ1v) is 9.24. The van der Waals surface area contributed by atoms with E-state index in [4.69, 9.17) is 12.2 Å². The van der Waals surface area contributed by atoms with Crippen LogP contribution in [0.15, 0.2) is 29.2 Å². The van der Waals surface area contributed by atoms with E-state index in [0.29, 0.717) is 16.9 Å². The van der Waals surface area contributed by atoms with Crippen LogP contribution in [0, 0.1) is 5.82 Å². The number of thioether (sulfide) groups is 1. The predicted molar refractivity (Wildman–Crippen MR) is 97.6 cm³/mol. The molecule has 138 valence electrons. The van der Waals surface area contributed by atoms with Crippen molar-refractivity contribution in [3.63, 3.8) is 0 Å². The van der Waals surface area contributed by atoms with Crippen molar-refractivity contribution in [2.45, 2.75) is 6.18 Å². The maximum absolute atomic E-state index is 13.2. The number of alkyl halides is 3. The minimum atomic E-state index is -4.62. The van der Waals surface area contributed by atoms with Crippen molar-refractivity contribution < 1.29 is 22.4 Å². The van der Waals surface area contributed by atoms with Gasteiger partial charge in [0.15, 0.2) is 0 Å². The summed E-state index contributed by atoms with van der Waals surface area (Å²) in [6, 6.07) is 5.31. The number of carbonyl (C=O) groups is 1. The third-order valence-corrected chi connectivity index (χ3v) is 5.62. The monoisotopic (exact) mass is 430 g/mol. The van der Waals surface area contributed by atoms with Crippen LogP contribution in [0.2, 0.25) is 0 Å². The average Bonchev–Trinajstić information content (AvgIpc) is 3.22. The smallest absolute Gasteiger partial charge is 0.307 e. The summed E-state index contributed by atoms with van der Waals surface area (Å²) in [5.74, 6) is -0.926. The van der Waals surface area contributed by atoms with Gasteiger partial charge in [0.05, 0.1) is 16.3 Å². The van der Waals surface area contributed by atoms with Crippen molar-refractivity contribution in [3.05, 3.63) is 45.7 Å². The molecule has 1 saturated heterocycles. The van der Waals surface area contributed by atoms with Crippen LogP contribution in [-0.2, 0) is 11.0 Å². The second-order valence-electron chi connectivity index (χ2n) is 5.30. The van der Waals surface area contributed by atoms with E-state index in [1.807, 2.05) is 0 Å². The lowest BCUT2D eigenvalue weighted by Gasteiger charge is -2.02. The summed E-state index contributed by atoms with van der Waals surface area (Å²) in [4.78, 5) is 16.4. The highest BCUT2D eigenvalue weighted by molar-refractivity contribution is 8.26. The topological polar surface area (TPSA) is 59.3 Å². The zero-order valence-corrected chi connectivity index (χ0v) is 15.3. The number of imidazole rings is 1. The summed E-state index contributed by atoms with van der Waals surface area (Å²) in [5.41, 5.74) is 0.924. The number of thiocarbonyl (C=S) groups is 1. The van der Waals surface area contributed by atoms with Crippen molar-refractivity contribution in [1.82, 2.24) is 19.9 Å². The van der Waals surface area contributed by atoms with Gasteiger partial charge in [0.2, 0.25) is 9.97 Å². The molecule has 0 radical (unpaired) electrons. The normalized spacial score (nSPS) is 16.5. The van der Waals surface area contributed by atoms with Crippen LogP contribution in [0.4, 0.5) is 17.6 Å². The molecule has 0 unspecified atom stereocenters. The number of benzene rings is 1. The zero-order chi connectivity index (χ0) is 19.3.